The summed E-state index contributed by atoms with van der Waals surface area (Å²) in [6.45, 7) is 3.91. The van der Waals surface area contributed by atoms with Gasteiger partial charge in [-0.3, -0.25) is 9.78 Å². The molecule has 0 spiro atoms. The van der Waals surface area contributed by atoms with Crippen molar-refractivity contribution in [3.8, 4) is 5.69 Å². The van der Waals surface area contributed by atoms with E-state index in [2.05, 4.69) is 15.4 Å². The number of H-pyrrole nitrogens is 1. The quantitative estimate of drug-likeness (QED) is 0.780. The number of nitrogens with zero attached hydrogens (tertiary/aromatic N) is 2. The average Bonchev–Trinajstić information content (AvgIpc) is 2.89. The van der Waals surface area contributed by atoms with Crippen LogP contribution in [0.3, 0.4) is 0 Å². The number of aromatic amines is 1. The maximum atomic E-state index is 12.3. The maximum absolute atomic E-state index is 12.3. The molecule has 1 amide bonds. The zero-order valence-corrected chi connectivity index (χ0v) is 12.8. The molecule has 0 aliphatic carbocycles. The lowest BCUT2D eigenvalue weighted by atomic mass is 10.1. The van der Waals surface area contributed by atoms with Gasteiger partial charge >= 0.3 is 5.69 Å². The van der Waals surface area contributed by atoms with Crippen LogP contribution < -0.4 is 11.0 Å². The molecule has 0 unspecified atom stereocenters. The minimum Gasteiger partial charge on any atom is -0.319 e. The van der Waals surface area contributed by atoms with Gasteiger partial charge < -0.3 is 5.32 Å². The van der Waals surface area contributed by atoms with E-state index in [1.807, 2.05) is 38.1 Å². The highest BCUT2D eigenvalue weighted by Crippen LogP contribution is 2.14. The monoisotopic (exact) mass is 308 g/mol. The van der Waals surface area contributed by atoms with Gasteiger partial charge in [-0.25, -0.2) is 4.79 Å². The Hall–Kier alpha value is -3.15. The van der Waals surface area contributed by atoms with Gasteiger partial charge in [0.05, 0.1) is 5.69 Å². The van der Waals surface area contributed by atoms with Crippen molar-refractivity contribution in [3.63, 3.8) is 0 Å². The Morgan fingerprint density at radius 1 is 1.09 bits per heavy atom. The van der Waals surface area contributed by atoms with Crippen molar-refractivity contribution in [2.75, 3.05) is 5.32 Å². The molecule has 0 atom stereocenters. The molecule has 116 valence electrons. The summed E-state index contributed by atoms with van der Waals surface area (Å²) in [7, 11) is 0. The van der Waals surface area contributed by atoms with Gasteiger partial charge in [0, 0.05) is 5.69 Å². The highest BCUT2D eigenvalue weighted by molar-refractivity contribution is 6.01. The first-order valence-corrected chi connectivity index (χ1v) is 7.17. The largest absolute Gasteiger partial charge is 0.348 e. The van der Waals surface area contributed by atoms with Crippen molar-refractivity contribution in [1.82, 2.24) is 14.8 Å². The van der Waals surface area contributed by atoms with Crippen molar-refractivity contribution in [3.05, 3.63) is 76.0 Å². The number of para-hydroxylation sites is 1. The second kappa shape index (κ2) is 5.92. The van der Waals surface area contributed by atoms with Crippen molar-refractivity contribution in [2.45, 2.75) is 13.8 Å². The highest BCUT2D eigenvalue weighted by atomic mass is 16.2. The Morgan fingerprint density at radius 3 is 2.39 bits per heavy atom. The summed E-state index contributed by atoms with van der Waals surface area (Å²) < 4.78 is 1.16. The van der Waals surface area contributed by atoms with E-state index in [9.17, 15) is 9.59 Å². The fraction of sp³-hybridized carbons (Fsp3) is 0.118. The molecule has 0 radical (unpaired) electrons. The number of anilines is 1. The molecule has 0 aliphatic rings. The molecular weight excluding hydrogens is 292 g/mol. The van der Waals surface area contributed by atoms with E-state index >= 15 is 0 Å². The number of benzene rings is 2. The van der Waals surface area contributed by atoms with Crippen LogP contribution in [0.25, 0.3) is 5.69 Å². The second-order valence-electron chi connectivity index (χ2n) is 5.36. The minimum atomic E-state index is -0.457. The molecule has 2 aromatic carbocycles. The van der Waals surface area contributed by atoms with E-state index in [0.29, 0.717) is 11.4 Å². The molecule has 2 N–H and O–H groups in total. The summed E-state index contributed by atoms with van der Waals surface area (Å²) in [4.78, 5) is 26.7. The molecule has 1 aromatic heterocycles. The lowest BCUT2D eigenvalue weighted by molar-refractivity contribution is 0.101. The highest BCUT2D eigenvalue weighted by Gasteiger charge is 2.14. The number of aromatic nitrogens is 3. The summed E-state index contributed by atoms with van der Waals surface area (Å²) in [5.41, 5.74) is 2.90. The molecule has 0 fully saturated rings. The van der Waals surface area contributed by atoms with Gasteiger partial charge in [-0.1, -0.05) is 24.3 Å². The lowest BCUT2D eigenvalue weighted by Crippen LogP contribution is -2.15. The Labute approximate surface area is 132 Å². The molecule has 0 saturated heterocycles. The molecule has 1 heterocycles. The van der Waals surface area contributed by atoms with Gasteiger partial charge in [-0.15, -0.1) is 5.10 Å². The van der Waals surface area contributed by atoms with Crippen molar-refractivity contribution >= 4 is 11.6 Å². The van der Waals surface area contributed by atoms with E-state index in [-0.39, 0.29) is 5.82 Å². The van der Waals surface area contributed by atoms with Gasteiger partial charge in [-0.05, 0) is 49.2 Å². The number of nitrogens with one attached hydrogen (secondary N) is 2. The normalized spacial score (nSPS) is 10.5. The first-order valence-electron chi connectivity index (χ1n) is 7.17. The van der Waals surface area contributed by atoms with Gasteiger partial charge in [-0.2, -0.15) is 4.68 Å². The average molecular weight is 308 g/mol. The van der Waals surface area contributed by atoms with Gasteiger partial charge in [0.25, 0.3) is 5.91 Å². The third-order valence-corrected chi connectivity index (χ3v) is 3.31. The van der Waals surface area contributed by atoms with E-state index in [1.54, 1.807) is 24.3 Å². The number of carbonyl (C=O) groups is 1. The molecule has 3 rings (SSSR count). The van der Waals surface area contributed by atoms with Crippen LogP contribution in [-0.4, -0.2) is 20.7 Å². The zero-order valence-electron chi connectivity index (χ0n) is 12.8. The zero-order chi connectivity index (χ0) is 16.4. The lowest BCUT2D eigenvalue weighted by Gasteiger charge is -2.05. The van der Waals surface area contributed by atoms with Gasteiger partial charge in [0.15, 0.2) is 0 Å². The summed E-state index contributed by atoms with van der Waals surface area (Å²) in [5.74, 6) is -0.486. The molecular formula is C17H16N4O2. The number of rotatable bonds is 3. The molecule has 23 heavy (non-hydrogen) atoms. The third kappa shape index (κ3) is 3.21. The number of hydrogen-bond acceptors (Lipinski definition) is 3. The van der Waals surface area contributed by atoms with Crippen LogP contribution in [0.5, 0.6) is 0 Å². The van der Waals surface area contributed by atoms with E-state index < -0.39 is 11.6 Å². The van der Waals surface area contributed by atoms with Crippen molar-refractivity contribution < 1.29 is 4.79 Å². The Bertz CT molecular complexity index is 890. The number of carbonyl (C=O) groups excluding carboxylic acids is 1. The number of hydrogen-bond donors (Lipinski definition) is 2. The van der Waals surface area contributed by atoms with Crippen LogP contribution in [0.2, 0.25) is 0 Å². The Kier molecular flexibility index (Phi) is 3.80. The summed E-state index contributed by atoms with van der Waals surface area (Å²) in [6, 6.07) is 14.7. The minimum absolute atomic E-state index is 0.0296. The maximum Gasteiger partial charge on any atom is 0.348 e. The van der Waals surface area contributed by atoms with Crippen LogP contribution in [0.1, 0.15) is 21.7 Å². The van der Waals surface area contributed by atoms with Gasteiger partial charge in [0.2, 0.25) is 5.82 Å². The van der Waals surface area contributed by atoms with E-state index in [4.69, 9.17) is 0 Å². The Morgan fingerprint density at radius 2 is 1.74 bits per heavy atom. The van der Waals surface area contributed by atoms with Crippen LogP contribution in [0, 0.1) is 13.8 Å². The predicted molar refractivity (Wildman–Crippen MR) is 88.1 cm³/mol. The fourth-order valence-corrected chi connectivity index (χ4v) is 2.41. The molecule has 3 aromatic rings. The summed E-state index contributed by atoms with van der Waals surface area (Å²) in [6.07, 6.45) is 0. The third-order valence-electron chi connectivity index (χ3n) is 3.31. The van der Waals surface area contributed by atoms with Crippen LogP contribution >= 0.6 is 0 Å². The molecule has 6 nitrogen and oxygen atoms in total. The summed E-state index contributed by atoms with van der Waals surface area (Å²) in [5, 5.41) is 6.80. The van der Waals surface area contributed by atoms with Gasteiger partial charge in [0.1, 0.15) is 0 Å². The first-order chi connectivity index (χ1) is 11.0. The van der Waals surface area contributed by atoms with Crippen LogP contribution in [0.4, 0.5) is 5.69 Å². The second-order valence-corrected chi connectivity index (χ2v) is 5.36. The number of amides is 1. The topological polar surface area (TPSA) is 79.8 Å². The predicted octanol–water partition coefficient (Wildman–Crippen LogP) is 2.43. The van der Waals surface area contributed by atoms with Crippen molar-refractivity contribution in [2.24, 2.45) is 0 Å². The first kappa shape index (κ1) is 14.8. The van der Waals surface area contributed by atoms with Crippen molar-refractivity contribution in [1.29, 1.82) is 0 Å². The SMILES string of the molecule is Cc1cc(C)cc(NC(=O)c2nn(-c3ccccc3)c(=O)[nH]2)c1. The fourth-order valence-electron chi connectivity index (χ4n) is 2.41. The molecule has 0 aliphatic heterocycles. The smallest absolute Gasteiger partial charge is 0.319 e. The van der Waals surface area contributed by atoms with Crippen LogP contribution in [-0.2, 0) is 0 Å². The Balaban J connectivity index is 1.88. The molecule has 0 bridgehead atoms. The number of aryl methyl sites for hydroxylation is 2. The summed E-state index contributed by atoms with van der Waals surface area (Å²) >= 11 is 0. The van der Waals surface area contributed by atoms with Crippen LogP contribution in [0.15, 0.2) is 53.3 Å². The standard InChI is InChI=1S/C17H16N4O2/c1-11-8-12(2)10-13(9-11)18-16(22)15-19-17(23)21(20-15)14-6-4-3-5-7-14/h3-10H,1-2H3,(H,18,22)(H,19,20,23). The molecule has 6 heteroatoms. The van der Waals surface area contributed by atoms with E-state index in [1.165, 1.54) is 0 Å². The van der Waals surface area contributed by atoms with E-state index in [0.717, 1.165) is 15.8 Å². The molecule has 0 saturated carbocycles.